The van der Waals surface area contributed by atoms with Crippen molar-refractivity contribution in [3.8, 4) is 28.2 Å². The molecule has 1 amide bonds. The number of unbranched alkanes of at least 4 members (excludes halogenated alkanes) is 1. The number of phosphoric ester groups is 4. The molecule has 2 aliphatic rings. The molecule has 62 heavy (non-hydrogen) atoms. The fourth-order valence-electron chi connectivity index (χ4n) is 5.70. The Morgan fingerprint density at radius 3 is 1.95 bits per heavy atom. The van der Waals surface area contributed by atoms with Gasteiger partial charge in [-0.1, -0.05) is 25.5 Å². The third-order valence-corrected chi connectivity index (χ3v) is 12.6. The van der Waals surface area contributed by atoms with Gasteiger partial charge in [-0.2, -0.15) is 0 Å². The van der Waals surface area contributed by atoms with Gasteiger partial charge in [0.1, 0.15) is 17.1 Å². The second kappa shape index (κ2) is 24.2. The van der Waals surface area contributed by atoms with Crippen LogP contribution in [0.4, 0.5) is 0 Å². The molecule has 0 spiro atoms. The predicted octanol–water partition coefficient (Wildman–Crippen LogP) is 7.14. The lowest BCUT2D eigenvalue weighted by Gasteiger charge is -2.20. The van der Waals surface area contributed by atoms with Crippen LogP contribution in [-0.4, -0.2) is 90.0 Å². The smallest absolute Gasteiger partial charge is 0.472 e. The Labute approximate surface area is 357 Å². The van der Waals surface area contributed by atoms with Crippen molar-refractivity contribution in [1.29, 1.82) is 0 Å². The molecule has 4 rings (SSSR count). The number of hydrogen-bond acceptors (Lipinski definition) is 16. The lowest BCUT2D eigenvalue weighted by molar-refractivity contribution is 0.0845. The Morgan fingerprint density at radius 2 is 1.31 bits per heavy atom. The molecule has 5 unspecified atom stereocenters. The molecule has 5 atom stereocenters. The Bertz CT molecular complexity index is 2310. The minimum absolute atomic E-state index is 0.0212. The van der Waals surface area contributed by atoms with Crippen molar-refractivity contribution < 1.29 is 88.3 Å². The topological polar surface area (TPSA) is 303 Å². The van der Waals surface area contributed by atoms with E-state index < -0.39 is 76.8 Å². The van der Waals surface area contributed by atoms with Crippen molar-refractivity contribution in [3.05, 3.63) is 76.5 Å². The van der Waals surface area contributed by atoms with E-state index in [-0.39, 0.29) is 49.7 Å². The minimum Gasteiger partial charge on any atom is -0.508 e. The van der Waals surface area contributed by atoms with Crippen LogP contribution in [0.25, 0.3) is 33.4 Å². The number of phenolic OH excluding ortho intramolecular Hbond substituents is 1. The number of nitrogens with one attached hydrogen (secondary N) is 1. The number of phosphoric acid groups is 4. The number of phenols is 1. The van der Waals surface area contributed by atoms with Gasteiger partial charge in [0.25, 0.3) is 5.91 Å². The second-order valence-electron chi connectivity index (χ2n) is 13.4. The van der Waals surface area contributed by atoms with E-state index in [0.717, 1.165) is 0 Å². The number of amides is 1. The van der Waals surface area contributed by atoms with Crippen LogP contribution < -0.4 is 10.7 Å². The summed E-state index contributed by atoms with van der Waals surface area (Å²) >= 11 is 0. The lowest BCUT2D eigenvalue weighted by atomic mass is 9.92. The second-order valence-corrected chi connectivity index (χ2v) is 19.2. The van der Waals surface area contributed by atoms with E-state index in [4.69, 9.17) is 27.0 Å². The highest BCUT2D eigenvalue weighted by molar-refractivity contribution is 7.48. The number of carbonyl (C=O) groups is 1. The zero-order valence-corrected chi connectivity index (χ0v) is 37.5. The predicted molar refractivity (Wildman–Crippen MR) is 223 cm³/mol. The number of carbonyl (C=O) groups excluding carboxylic acids is 1. The van der Waals surface area contributed by atoms with Crippen LogP contribution >= 0.6 is 31.3 Å². The monoisotopic (exact) mass is 953 g/mol. The van der Waals surface area contributed by atoms with Gasteiger partial charge in [-0.15, -0.1) is 0 Å². The summed E-state index contributed by atoms with van der Waals surface area (Å²) in [6, 6.07) is 15.9. The maximum absolute atomic E-state index is 13.3. The molecule has 1 heterocycles. The highest BCUT2D eigenvalue weighted by Gasteiger charge is 2.28. The van der Waals surface area contributed by atoms with Crippen molar-refractivity contribution in [3.63, 3.8) is 0 Å². The third kappa shape index (κ3) is 17.4. The zero-order valence-electron chi connectivity index (χ0n) is 33.9. The van der Waals surface area contributed by atoms with E-state index in [0.29, 0.717) is 58.2 Å². The maximum atomic E-state index is 13.3. The summed E-state index contributed by atoms with van der Waals surface area (Å²) in [6.07, 6.45) is 1.39. The Hall–Kier alpha value is -3.16. The molecule has 344 valence electrons. The van der Waals surface area contributed by atoms with E-state index in [9.17, 15) is 52.5 Å². The number of rotatable bonds is 29. The Balaban J connectivity index is 1.25. The van der Waals surface area contributed by atoms with Gasteiger partial charge in [0, 0.05) is 46.7 Å². The average molecular weight is 954 g/mol. The van der Waals surface area contributed by atoms with Crippen LogP contribution in [0.5, 0.6) is 5.75 Å². The Kier molecular flexibility index (Phi) is 20.1. The number of fused-ring (bicyclic) bond motifs is 2. The number of aromatic hydroxyl groups is 1. The summed E-state index contributed by atoms with van der Waals surface area (Å²) in [4.78, 5) is 64.7. The normalized spacial score (nSPS) is 16.3. The first-order valence-corrected chi connectivity index (χ1v) is 25.4. The van der Waals surface area contributed by atoms with E-state index in [2.05, 4.69) is 18.9 Å². The van der Waals surface area contributed by atoms with Gasteiger partial charge in [0.15, 0.2) is 5.43 Å². The van der Waals surface area contributed by atoms with Crippen LogP contribution in [0.2, 0.25) is 0 Å². The molecule has 1 aliphatic carbocycles. The number of benzene rings is 3. The molecular weight excluding hydrogens is 902 g/mol. The molecule has 0 fully saturated rings. The summed E-state index contributed by atoms with van der Waals surface area (Å²) in [5.41, 5.74) is 2.44. The van der Waals surface area contributed by atoms with E-state index >= 15 is 0 Å². The van der Waals surface area contributed by atoms with Crippen LogP contribution in [0.15, 0.2) is 69.9 Å². The molecule has 2 aromatic carbocycles. The van der Waals surface area contributed by atoms with Crippen LogP contribution in [0.3, 0.4) is 0 Å². The van der Waals surface area contributed by atoms with Gasteiger partial charge in [-0.05, 0) is 74.6 Å². The SMILES string of the molecule is CCCOP(=O)(O)OCCOP(=O)(O)OCCCOP(=O)(O)OCC(CCCCNC(=O)c1cccc(-c2c3ccc(=O)cc-3oc3cc(O)ccc23)c1)COP(=O)(O)OCC. The molecule has 0 bridgehead atoms. The van der Waals surface area contributed by atoms with Gasteiger partial charge in [-0.3, -0.25) is 45.8 Å². The highest BCUT2D eigenvalue weighted by Crippen LogP contribution is 2.48. The van der Waals surface area contributed by atoms with Crippen LogP contribution in [0.1, 0.15) is 56.3 Å². The van der Waals surface area contributed by atoms with Gasteiger partial charge in [0.05, 0.1) is 52.9 Å². The largest absolute Gasteiger partial charge is 0.508 e. The average Bonchev–Trinajstić information content (AvgIpc) is 3.21. The van der Waals surface area contributed by atoms with Gasteiger partial charge in [-0.25, -0.2) is 18.3 Å². The molecular formula is C37H51NO20P4. The highest BCUT2D eigenvalue weighted by atomic mass is 31.2. The van der Waals surface area contributed by atoms with Crippen molar-refractivity contribution in [2.75, 3.05) is 59.4 Å². The van der Waals surface area contributed by atoms with E-state index in [1.54, 1.807) is 37.3 Å². The molecule has 21 nitrogen and oxygen atoms in total. The molecule has 0 aromatic heterocycles. The fraction of sp³-hybridized carbons (Fsp3) is 0.459. The van der Waals surface area contributed by atoms with Gasteiger partial charge >= 0.3 is 31.3 Å². The first kappa shape index (κ1) is 51.5. The summed E-state index contributed by atoms with van der Waals surface area (Å²) in [5.74, 6) is -0.796. The van der Waals surface area contributed by atoms with Crippen molar-refractivity contribution in [1.82, 2.24) is 5.32 Å². The Morgan fingerprint density at radius 1 is 0.694 bits per heavy atom. The molecule has 0 radical (unpaired) electrons. The molecule has 0 saturated carbocycles. The fourth-order valence-corrected chi connectivity index (χ4v) is 8.87. The lowest BCUT2D eigenvalue weighted by Crippen LogP contribution is -2.24. The van der Waals surface area contributed by atoms with Gasteiger partial charge < -0.3 is 34.4 Å². The minimum atomic E-state index is -4.70. The van der Waals surface area contributed by atoms with E-state index in [1.807, 2.05) is 6.07 Å². The summed E-state index contributed by atoms with van der Waals surface area (Å²) in [7, 11) is -18.1. The maximum Gasteiger partial charge on any atom is 0.472 e. The quantitative estimate of drug-likeness (QED) is 0.0179. The molecule has 25 heteroatoms. The van der Waals surface area contributed by atoms with Crippen molar-refractivity contribution >= 4 is 48.2 Å². The van der Waals surface area contributed by atoms with E-state index in [1.165, 1.54) is 31.2 Å². The van der Waals surface area contributed by atoms with Crippen molar-refractivity contribution in [2.45, 2.75) is 46.0 Å². The van der Waals surface area contributed by atoms with Crippen LogP contribution in [-0.2, 0) is 54.5 Å². The van der Waals surface area contributed by atoms with Crippen LogP contribution in [0, 0.1) is 5.92 Å². The summed E-state index contributed by atoms with van der Waals surface area (Å²) < 4.78 is 92.7. The third-order valence-electron chi connectivity index (χ3n) is 8.50. The first-order valence-electron chi connectivity index (χ1n) is 19.4. The summed E-state index contributed by atoms with van der Waals surface area (Å²) in [6.45, 7) is 0.380. The molecule has 0 saturated heterocycles. The van der Waals surface area contributed by atoms with Crippen molar-refractivity contribution in [2.24, 2.45) is 5.92 Å². The standard InChI is InChI=1S/C37H51NO20P4/c1-3-17-51-60(44,45)54-20-21-55-61(46,47)52-18-8-19-53-62(48,49)57-26-27(25-56-59(42,43)50-4-2)9-5-6-16-38-37(41)29-11-7-10-28(22-29)36-32-14-12-30(39)23-34(32)58-35-24-31(40)13-15-33(35)36/h7,10-15,22-24,27,39H,3-6,8-9,16-21,25-26H2,1-2H3,(H,38,41)(H,42,43)(H,44,45)(H,46,47)(H,48,49). The molecule has 2 aromatic rings. The zero-order chi connectivity index (χ0) is 45.4. The van der Waals surface area contributed by atoms with Gasteiger partial charge in [0.2, 0.25) is 0 Å². The molecule has 6 N–H and O–H groups in total. The first-order chi connectivity index (χ1) is 29.3. The number of hydrogen-bond donors (Lipinski definition) is 6. The molecule has 1 aliphatic heterocycles. The summed E-state index contributed by atoms with van der Waals surface area (Å²) in [5, 5.41) is 13.6.